The standard InChI is InChI=1S/2C5H8O4.Mg/c2*1-2-9-5(8)3-4(6)7;/h2*3,8H,2H2,1H3,(H,6,7);/q;;+2/p-2/b2*5-3+;. The first-order chi connectivity index (χ1) is 8.33. The molecule has 0 aromatic carbocycles. The average molecular weight is 287 g/mol. The third-order valence-electron chi connectivity index (χ3n) is 1.06. The molecule has 8 nitrogen and oxygen atoms in total. The van der Waals surface area contributed by atoms with Crippen molar-refractivity contribution in [2.24, 2.45) is 0 Å². The van der Waals surface area contributed by atoms with Gasteiger partial charge in [-0.3, -0.25) is 0 Å². The molecule has 0 radical (unpaired) electrons. The minimum Gasteiger partial charge on any atom is -0.613 e. The molecular formula is C10H14MgO8. The zero-order chi connectivity index (χ0) is 14.6. The Morgan fingerprint density at radius 2 is 1.21 bits per heavy atom. The number of ether oxygens (including phenoxy) is 2. The van der Waals surface area contributed by atoms with Gasteiger partial charge in [-0.1, -0.05) is 13.8 Å². The van der Waals surface area contributed by atoms with Gasteiger partial charge in [0.1, 0.15) is 0 Å². The van der Waals surface area contributed by atoms with Crippen molar-refractivity contribution >= 4 is 35.0 Å². The van der Waals surface area contributed by atoms with E-state index in [9.17, 15) is 19.8 Å². The summed E-state index contributed by atoms with van der Waals surface area (Å²) in [5.41, 5.74) is 0. The molecule has 19 heavy (non-hydrogen) atoms. The third-order valence-corrected chi connectivity index (χ3v) is 1.06. The van der Waals surface area contributed by atoms with Crippen molar-refractivity contribution < 1.29 is 39.5 Å². The SMILES string of the molecule is CCO/C([O-])=C/C(=O)O.CCO/C([O-])=C/C(=O)O.[Mg+2]. The summed E-state index contributed by atoms with van der Waals surface area (Å²) in [5.74, 6) is -4.20. The van der Waals surface area contributed by atoms with Crippen LogP contribution in [0.1, 0.15) is 13.8 Å². The zero-order valence-corrected chi connectivity index (χ0v) is 12.0. The Labute approximate surface area is 126 Å². The van der Waals surface area contributed by atoms with E-state index in [-0.39, 0.29) is 36.3 Å². The normalized spacial score (nSPS) is 10.4. The largest absolute Gasteiger partial charge is 2.00 e. The number of carbonyl (C=O) groups is 2. The fraction of sp³-hybridized carbons (Fsp3) is 0.400. The number of carboxylic acid groups (broad SMARTS) is 2. The molecule has 0 unspecified atom stereocenters. The summed E-state index contributed by atoms with van der Waals surface area (Å²) < 4.78 is 8.55. The van der Waals surface area contributed by atoms with Gasteiger partial charge in [-0.05, 0) is 13.2 Å². The molecular weight excluding hydrogens is 272 g/mol. The summed E-state index contributed by atoms with van der Waals surface area (Å²) in [6, 6.07) is 0. The van der Waals surface area contributed by atoms with Gasteiger partial charge in [-0.25, -0.2) is 9.59 Å². The van der Waals surface area contributed by atoms with Crippen LogP contribution in [0.25, 0.3) is 0 Å². The number of hydrogen-bond donors (Lipinski definition) is 2. The molecule has 0 bridgehead atoms. The van der Waals surface area contributed by atoms with Gasteiger partial charge in [0.2, 0.25) is 0 Å². The van der Waals surface area contributed by atoms with Crippen LogP contribution in [0.15, 0.2) is 24.0 Å². The topological polar surface area (TPSA) is 139 Å². The number of hydrogen-bond acceptors (Lipinski definition) is 6. The second-order valence-electron chi connectivity index (χ2n) is 2.47. The summed E-state index contributed by atoms with van der Waals surface area (Å²) in [4.78, 5) is 19.5. The van der Waals surface area contributed by atoms with E-state index in [2.05, 4.69) is 9.47 Å². The van der Waals surface area contributed by atoms with E-state index in [1.807, 2.05) is 0 Å². The first kappa shape index (κ1) is 22.6. The van der Waals surface area contributed by atoms with Gasteiger partial charge >= 0.3 is 35.0 Å². The van der Waals surface area contributed by atoms with Crippen molar-refractivity contribution in [1.29, 1.82) is 0 Å². The molecule has 9 heteroatoms. The molecule has 0 saturated heterocycles. The van der Waals surface area contributed by atoms with Crippen LogP contribution < -0.4 is 10.2 Å². The van der Waals surface area contributed by atoms with E-state index < -0.39 is 23.8 Å². The van der Waals surface area contributed by atoms with Gasteiger partial charge in [0.25, 0.3) is 0 Å². The van der Waals surface area contributed by atoms with Gasteiger partial charge in [0.15, 0.2) is 0 Å². The maximum absolute atomic E-state index is 10.2. The number of rotatable bonds is 6. The van der Waals surface area contributed by atoms with E-state index >= 15 is 0 Å². The molecule has 0 saturated carbocycles. The Bertz CT molecular complexity index is 291. The predicted molar refractivity (Wildman–Crippen MR) is 60.4 cm³/mol. The van der Waals surface area contributed by atoms with E-state index in [1.54, 1.807) is 13.8 Å². The molecule has 0 spiro atoms. The van der Waals surface area contributed by atoms with Crippen LogP contribution in [0.4, 0.5) is 0 Å². The molecule has 0 aliphatic rings. The summed E-state index contributed by atoms with van der Waals surface area (Å²) in [6.07, 6.45) is 0.951. The Morgan fingerprint density at radius 1 is 0.947 bits per heavy atom. The third kappa shape index (κ3) is 22.1. The second-order valence-corrected chi connectivity index (χ2v) is 2.47. The van der Waals surface area contributed by atoms with Crippen molar-refractivity contribution in [2.45, 2.75) is 13.8 Å². The molecule has 2 N–H and O–H groups in total. The monoisotopic (exact) mass is 286 g/mol. The summed E-state index contributed by atoms with van der Waals surface area (Å²) in [7, 11) is 0. The predicted octanol–water partition coefficient (Wildman–Crippen LogP) is -1.76. The van der Waals surface area contributed by atoms with Gasteiger partial charge < -0.3 is 29.9 Å². The molecule has 0 aromatic rings. The molecule has 0 aromatic heterocycles. The van der Waals surface area contributed by atoms with Gasteiger partial charge in [-0.2, -0.15) is 0 Å². The maximum Gasteiger partial charge on any atom is 2.00 e. The van der Waals surface area contributed by atoms with Crippen LogP contribution in [0.2, 0.25) is 0 Å². The molecule has 0 fully saturated rings. The number of carboxylic acids is 2. The van der Waals surface area contributed by atoms with Crippen LogP contribution >= 0.6 is 0 Å². The molecule has 0 rings (SSSR count). The smallest absolute Gasteiger partial charge is 0.613 e. The van der Waals surface area contributed by atoms with Crippen molar-refractivity contribution in [1.82, 2.24) is 0 Å². The van der Waals surface area contributed by atoms with Crippen LogP contribution in [0.3, 0.4) is 0 Å². The molecule has 0 amide bonds. The van der Waals surface area contributed by atoms with Crippen molar-refractivity contribution in [2.75, 3.05) is 13.2 Å². The quantitative estimate of drug-likeness (QED) is 0.332. The molecule has 0 heterocycles. The molecule has 0 aliphatic carbocycles. The first-order valence-electron chi connectivity index (χ1n) is 4.82. The Balaban J connectivity index is -0.000000256. The first-order valence-corrected chi connectivity index (χ1v) is 4.82. The molecule has 0 atom stereocenters. The fourth-order valence-electron chi connectivity index (χ4n) is 0.569. The van der Waals surface area contributed by atoms with Crippen molar-refractivity contribution in [3.05, 3.63) is 24.0 Å². The van der Waals surface area contributed by atoms with Crippen LogP contribution in [0, 0.1) is 0 Å². The fourth-order valence-corrected chi connectivity index (χ4v) is 0.569. The van der Waals surface area contributed by atoms with Crippen molar-refractivity contribution in [3.63, 3.8) is 0 Å². The van der Waals surface area contributed by atoms with Gasteiger partial charge in [0, 0.05) is 12.2 Å². The number of aliphatic carboxylic acids is 2. The van der Waals surface area contributed by atoms with E-state index in [4.69, 9.17) is 10.2 Å². The van der Waals surface area contributed by atoms with Crippen LogP contribution in [-0.2, 0) is 19.1 Å². The van der Waals surface area contributed by atoms with E-state index in [1.165, 1.54) is 0 Å². The van der Waals surface area contributed by atoms with Crippen LogP contribution in [0.5, 0.6) is 0 Å². The van der Waals surface area contributed by atoms with Gasteiger partial charge in [-0.15, -0.1) is 0 Å². The second kappa shape index (κ2) is 14.4. The Kier molecular flexibility index (Phi) is 17.2. The van der Waals surface area contributed by atoms with Crippen LogP contribution in [-0.4, -0.2) is 58.4 Å². The zero-order valence-electron chi connectivity index (χ0n) is 10.6. The minimum absolute atomic E-state index is 0. The van der Waals surface area contributed by atoms with Crippen molar-refractivity contribution in [3.8, 4) is 0 Å². The molecule has 104 valence electrons. The summed E-state index contributed by atoms with van der Waals surface area (Å²) in [5, 5.41) is 36.3. The average Bonchev–Trinajstić information content (AvgIpc) is 2.16. The minimum atomic E-state index is -1.28. The Hall–Kier alpha value is -1.61. The summed E-state index contributed by atoms with van der Waals surface area (Å²) >= 11 is 0. The molecule has 0 aliphatic heterocycles. The van der Waals surface area contributed by atoms with Gasteiger partial charge in [0.05, 0.1) is 11.9 Å². The Morgan fingerprint density at radius 3 is 1.37 bits per heavy atom. The van der Waals surface area contributed by atoms with E-state index in [0.29, 0.717) is 12.2 Å². The maximum atomic E-state index is 10.2. The van der Waals surface area contributed by atoms with E-state index in [0.717, 1.165) is 0 Å². The summed E-state index contributed by atoms with van der Waals surface area (Å²) in [6.45, 7) is 3.60.